The molecule has 0 aliphatic carbocycles. The van der Waals surface area contributed by atoms with Crippen LogP contribution >= 0.6 is 37.2 Å². The molecule has 1 heterocycles. The Hall–Kier alpha value is -1.76. The number of halogens is 3. The molecule has 0 amide bonds. The molecule has 1 aromatic carbocycles. The summed E-state index contributed by atoms with van der Waals surface area (Å²) in [5.41, 5.74) is 13.7. The number of benzene rings is 1. The minimum atomic E-state index is -0.501. The highest BCUT2D eigenvalue weighted by Crippen LogP contribution is 2.27. The Kier molecular flexibility index (Phi) is 8.65. The fraction of sp³-hybridized carbons (Fsp3) is 0. The first-order valence-corrected chi connectivity index (χ1v) is 4.84. The summed E-state index contributed by atoms with van der Waals surface area (Å²) in [5.74, 6) is 0. The lowest BCUT2D eigenvalue weighted by Gasteiger charge is -2.05. The maximum absolute atomic E-state index is 10.5. The second-order valence-corrected chi connectivity index (χ2v) is 3.51. The maximum atomic E-state index is 10.5. The molecule has 0 fully saturated rings. The van der Waals surface area contributed by atoms with Gasteiger partial charge < -0.3 is 11.5 Å². The van der Waals surface area contributed by atoms with Crippen LogP contribution in [0.3, 0.4) is 0 Å². The predicted octanol–water partition coefficient (Wildman–Crippen LogP) is 3.09. The summed E-state index contributed by atoms with van der Waals surface area (Å²) in [6.07, 6.45) is 1.19. The Bertz CT molecular complexity index is 578. The average molecular weight is 340 g/mol. The van der Waals surface area contributed by atoms with Gasteiger partial charge in [-0.1, -0.05) is 0 Å². The molecular formula is C11H13Cl3N4O2. The number of nitrogens with two attached hydrogens (primary N) is 2. The largest absolute Gasteiger partial charge is 0.399 e. The molecule has 0 aliphatic rings. The van der Waals surface area contributed by atoms with E-state index in [0.717, 1.165) is 0 Å². The number of hydrogen-bond donors (Lipinski definition) is 2. The lowest BCUT2D eigenvalue weighted by Crippen LogP contribution is -1.95. The Labute approximate surface area is 134 Å². The summed E-state index contributed by atoms with van der Waals surface area (Å²) < 4.78 is 0. The van der Waals surface area contributed by atoms with Crippen LogP contribution in [0.2, 0.25) is 0 Å². The molecule has 0 spiro atoms. The number of pyridine rings is 1. The van der Waals surface area contributed by atoms with E-state index in [0.29, 0.717) is 22.6 Å². The van der Waals surface area contributed by atoms with Gasteiger partial charge in [-0.15, -0.1) is 37.2 Å². The van der Waals surface area contributed by atoms with E-state index >= 15 is 0 Å². The molecule has 0 saturated heterocycles. The Morgan fingerprint density at radius 1 is 1.05 bits per heavy atom. The van der Waals surface area contributed by atoms with Gasteiger partial charge in [-0.05, 0) is 24.3 Å². The van der Waals surface area contributed by atoms with Crippen molar-refractivity contribution in [1.82, 2.24) is 4.98 Å². The number of hydrogen-bond acceptors (Lipinski definition) is 5. The third-order valence-electron chi connectivity index (χ3n) is 2.31. The predicted molar refractivity (Wildman–Crippen MR) is 86.9 cm³/mol. The van der Waals surface area contributed by atoms with Gasteiger partial charge >= 0.3 is 0 Å². The first-order valence-electron chi connectivity index (χ1n) is 4.84. The molecule has 9 heteroatoms. The number of rotatable bonds is 2. The average Bonchev–Trinajstić information content (AvgIpc) is 2.32. The Balaban J connectivity index is 0. The quantitative estimate of drug-likeness (QED) is 0.496. The van der Waals surface area contributed by atoms with Crippen molar-refractivity contribution in [2.24, 2.45) is 0 Å². The zero-order valence-electron chi connectivity index (χ0n) is 10.1. The van der Waals surface area contributed by atoms with Gasteiger partial charge in [0.15, 0.2) is 0 Å². The van der Waals surface area contributed by atoms with Gasteiger partial charge in [0.05, 0.1) is 10.6 Å². The van der Waals surface area contributed by atoms with Crippen LogP contribution in [-0.4, -0.2) is 9.91 Å². The molecule has 6 nitrogen and oxygen atoms in total. The number of anilines is 2. The summed E-state index contributed by atoms with van der Waals surface area (Å²) in [5, 5.41) is 10.5. The summed E-state index contributed by atoms with van der Waals surface area (Å²) in [4.78, 5) is 14.0. The molecule has 20 heavy (non-hydrogen) atoms. The van der Waals surface area contributed by atoms with Gasteiger partial charge in [-0.3, -0.25) is 10.1 Å². The van der Waals surface area contributed by atoms with E-state index in [1.54, 1.807) is 24.3 Å². The normalized spacial score (nSPS) is 8.60. The smallest absolute Gasteiger partial charge is 0.287 e. The fourth-order valence-electron chi connectivity index (χ4n) is 1.45. The van der Waals surface area contributed by atoms with Gasteiger partial charge in [-0.2, -0.15) is 0 Å². The summed E-state index contributed by atoms with van der Waals surface area (Å²) in [6, 6.07) is 7.97. The van der Waals surface area contributed by atoms with Gasteiger partial charge in [0, 0.05) is 23.0 Å². The lowest BCUT2D eigenvalue weighted by molar-refractivity contribution is -0.385. The summed E-state index contributed by atoms with van der Waals surface area (Å²) in [6.45, 7) is 0. The van der Waals surface area contributed by atoms with Crippen molar-refractivity contribution >= 4 is 54.3 Å². The first kappa shape index (κ1) is 20.6. The van der Waals surface area contributed by atoms with Crippen LogP contribution in [0.1, 0.15) is 0 Å². The van der Waals surface area contributed by atoms with E-state index in [1.165, 1.54) is 12.3 Å². The molecule has 0 atom stereocenters. The molecule has 0 saturated carbocycles. The molecule has 2 rings (SSSR count). The Morgan fingerprint density at radius 3 is 2.20 bits per heavy atom. The van der Waals surface area contributed by atoms with Crippen LogP contribution < -0.4 is 11.5 Å². The van der Waals surface area contributed by atoms with Crippen LogP contribution in [-0.2, 0) is 0 Å². The zero-order chi connectivity index (χ0) is 12.4. The summed E-state index contributed by atoms with van der Waals surface area (Å²) >= 11 is 0. The standard InChI is InChI=1S/C11H10N4O2.3ClH/c12-7-1-3-10(13)9(5-7)11-4-2-8(6-14-11)15(16)17;;;/h1-6H,12-13H2;3*1H. The lowest BCUT2D eigenvalue weighted by atomic mass is 10.1. The second kappa shape index (κ2) is 8.42. The third kappa shape index (κ3) is 4.41. The van der Waals surface area contributed by atoms with Crippen molar-refractivity contribution in [1.29, 1.82) is 0 Å². The fourth-order valence-corrected chi connectivity index (χ4v) is 1.45. The van der Waals surface area contributed by atoms with Crippen molar-refractivity contribution in [3.8, 4) is 11.3 Å². The van der Waals surface area contributed by atoms with Crippen molar-refractivity contribution in [2.75, 3.05) is 11.5 Å². The van der Waals surface area contributed by atoms with Crippen molar-refractivity contribution in [2.45, 2.75) is 0 Å². The van der Waals surface area contributed by atoms with E-state index in [4.69, 9.17) is 11.5 Å². The number of aromatic nitrogens is 1. The number of nitrogens with zero attached hydrogens (tertiary/aromatic N) is 2. The second-order valence-electron chi connectivity index (χ2n) is 3.51. The molecule has 1 aromatic heterocycles. The number of nitrogen functional groups attached to an aromatic ring is 2. The van der Waals surface area contributed by atoms with Crippen LogP contribution in [0.15, 0.2) is 36.5 Å². The van der Waals surface area contributed by atoms with E-state index in [2.05, 4.69) is 4.98 Å². The van der Waals surface area contributed by atoms with E-state index < -0.39 is 4.92 Å². The highest BCUT2D eigenvalue weighted by Gasteiger charge is 2.08. The minimum absolute atomic E-state index is 0. The van der Waals surface area contributed by atoms with E-state index in [9.17, 15) is 10.1 Å². The van der Waals surface area contributed by atoms with Crippen LogP contribution in [0.5, 0.6) is 0 Å². The van der Waals surface area contributed by atoms with Crippen molar-refractivity contribution in [3.63, 3.8) is 0 Å². The third-order valence-corrected chi connectivity index (χ3v) is 2.31. The Morgan fingerprint density at radius 2 is 1.70 bits per heavy atom. The first-order chi connectivity index (χ1) is 8.08. The minimum Gasteiger partial charge on any atom is -0.399 e. The van der Waals surface area contributed by atoms with Crippen molar-refractivity contribution in [3.05, 3.63) is 46.6 Å². The van der Waals surface area contributed by atoms with Crippen LogP contribution in [0.25, 0.3) is 11.3 Å². The molecule has 2 aromatic rings. The molecule has 0 aliphatic heterocycles. The molecule has 0 unspecified atom stereocenters. The monoisotopic (exact) mass is 338 g/mol. The maximum Gasteiger partial charge on any atom is 0.287 e. The van der Waals surface area contributed by atoms with Gasteiger partial charge in [-0.25, -0.2) is 4.98 Å². The van der Waals surface area contributed by atoms with E-state index in [1.807, 2.05) is 0 Å². The summed E-state index contributed by atoms with van der Waals surface area (Å²) in [7, 11) is 0. The number of nitro groups is 1. The molecule has 4 N–H and O–H groups in total. The van der Waals surface area contributed by atoms with Crippen LogP contribution in [0.4, 0.5) is 17.1 Å². The van der Waals surface area contributed by atoms with Gasteiger partial charge in [0.2, 0.25) is 0 Å². The van der Waals surface area contributed by atoms with E-state index in [-0.39, 0.29) is 42.9 Å². The van der Waals surface area contributed by atoms with Crippen LogP contribution in [0, 0.1) is 10.1 Å². The van der Waals surface area contributed by atoms with Gasteiger partial charge in [0.25, 0.3) is 5.69 Å². The molecular weight excluding hydrogens is 327 g/mol. The van der Waals surface area contributed by atoms with Gasteiger partial charge in [0.1, 0.15) is 6.20 Å². The van der Waals surface area contributed by atoms with Crippen molar-refractivity contribution < 1.29 is 4.92 Å². The SMILES string of the molecule is Cl.Cl.Cl.Nc1ccc(N)c(-c2ccc([N+](=O)[O-])cn2)c1. The highest BCUT2D eigenvalue weighted by atomic mass is 35.5. The highest BCUT2D eigenvalue weighted by molar-refractivity contribution is 5.86. The molecule has 0 radical (unpaired) electrons. The molecule has 110 valence electrons. The zero-order valence-corrected chi connectivity index (χ0v) is 12.5. The molecule has 0 bridgehead atoms. The topological polar surface area (TPSA) is 108 Å².